The van der Waals surface area contributed by atoms with Gasteiger partial charge >= 0.3 is 0 Å². The van der Waals surface area contributed by atoms with Gasteiger partial charge in [-0.05, 0) is 61.4 Å². The molecule has 3 rings (SSSR count). The van der Waals surface area contributed by atoms with E-state index in [4.69, 9.17) is 4.42 Å². The van der Waals surface area contributed by atoms with E-state index in [1.165, 1.54) is 0 Å². The Morgan fingerprint density at radius 2 is 1.65 bits per heavy atom. The number of aromatic nitrogens is 1. The fraction of sp³-hybridized carbons (Fsp3) is 0.158. The molecule has 4 nitrogen and oxygen atoms in total. The van der Waals surface area contributed by atoms with Crippen molar-refractivity contribution in [1.82, 2.24) is 10.3 Å². The molecule has 116 valence electrons. The third-order valence-corrected chi connectivity index (χ3v) is 3.70. The summed E-state index contributed by atoms with van der Waals surface area (Å²) in [6.45, 7) is 3.79. The lowest BCUT2D eigenvalue weighted by Crippen LogP contribution is -2.26. The van der Waals surface area contributed by atoms with E-state index in [0.29, 0.717) is 5.56 Å². The Kier molecular flexibility index (Phi) is 4.24. The first-order chi connectivity index (χ1) is 11.1. The van der Waals surface area contributed by atoms with Crippen LogP contribution in [0.4, 0.5) is 0 Å². The summed E-state index contributed by atoms with van der Waals surface area (Å²) in [6, 6.07) is 15.0. The number of nitrogens with one attached hydrogen (secondary N) is 1. The molecule has 23 heavy (non-hydrogen) atoms. The number of carbonyl (C=O) groups is 1. The molecule has 3 aromatic rings. The van der Waals surface area contributed by atoms with Crippen molar-refractivity contribution < 1.29 is 9.21 Å². The molecule has 1 unspecified atom stereocenters. The van der Waals surface area contributed by atoms with E-state index in [1.54, 1.807) is 12.4 Å². The van der Waals surface area contributed by atoms with Crippen molar-refractivity contribution in [3.05, 3.63) is 78.0 Å². The number of benzene rings is 1. The van der Waals surface area contributed by atoms with Gasteiger partial charge in [0.15, 0.2) is 0 Å². The molecule has 2 aromatic heterocycles. The lowest BCUT2D eigenvalue weighted by atomic mass is 10.0. The van der Waals surface area contributed by atoms with E-state index in [-0.39, 0.29) is 11.9 Å². The van der Waals surface area contributed by atoms with Crippen molar-refractivity contribution in [2.45, 2.75) is 19.9 Å². The van der Waals surface area contributed by atoms with Gasteiger partial charge in [-0.3, -0.25) is 9.78 Å². The lowest BCUT2D eigenvalue weighted by Gasteiger charge is -2.12. The van der Waals surface area contributed by atoms with Gasteiger partial charge in [-0.1, -0.05) is 12.1 Å². The summed E-state index contributed by atoms with van der Waals surface area (Å²) in [4.78, 5) is 16.3. The van der Waals surface area contributed by atoms with Crippen LogP contribution in [0.5, 0.6) is 0 Å². The Labute approximate surface area is 135 Å². The molecule has 0 fully saturated rings. The predicted octanol–water partition coefficient (Wildman–Crippen LogP) is 4.14. The van der Waals surface area contributed by atoms with Gasteiger partial charge in [0, 0.05) is 18.0 Å². The van der Waals surface area contributed by atoms with Crippen LogP contribution in [0.25, 0.3) is 11.1 Å². The fourth-order valence-electron chi connectivity index (χ4n) is 2.40. The molecule has 0 saturated heterocycles. The summed E-state index contributed by atoms with van der Waals surface area (Å²) >= 11 is 0. The second-order valence-electron chi connectivity index (χ2n) is 5.46. The van der Waals surface area contributed by atoms with E-state index < -0.39 is 0 Å². The largest absolute Gasteiger partial charge is 0.464 e. The van der Waals surface area contributed by atoms with Crippen LogP contribution in [-0.4, -0.2) is 10.9 Å². The zero-order valence-corrected chi connectivity index (χ0v) is 13.1. The van der Waals surface area contributed by atoms with Crippen LogP contribution in [0.2, 0.25) is 0 Å². The van der Waals surface area contributed by atoms with Crippen molar-refractivity contribution in [3.63, 3.8) is 0 Å². The van der Waals surface area contributed by atoms with Crippen molar-refractivity contribution in [1.29, 1.82) is 0 Å². The number of hydrogen-bond acceptors (Lipinski definition) is 3. The first-order valence-electron chi connectivity index (χ1n) is 7.51. The van der Waals surface area contributed by atoms with Gasteiger partial charge in [-0.2, -0.15) is 0 Å². The summed E-state index contributed by atoms with van der Waals surface area (Å²) in [6.07, 6.45) is 3.51. The second-order valence-corrected chi connectivity index (χ2v) is 5.46. The molecule has 1 N–H and O–H groups in total. The molecule has 0 aliphatic carbocycles. The number of amides is 1. The highest BCUT2D eigenvalue weighted by Gasteiger charge is 2.14. The third kappa shape index (κ3) is 3.48. The van der Waals surface area contributed by atoms with Gasteiger partial charge in [0.2, 0.25) is 0 Å². The highest BCUT2D eigenvalue weighted by Crippen LogP contribution is 2.20. The van der Waals surface area contributed by atoms with E-state index >= 15 is 0 Å². The zero-order valence-electron chi connectivity index (χ0n) is 13.1. The Morgan fingerprint density at radius 3 is 2.26 bits per heavy atom. The first kappa shape index (κ1) is 15.0. The number of hydrogen-bond donors (Lipinski definition) is 1. The van der Waals surface area contributed by atoms with Gasteiger partial charge in [0.05, 0.1) is 6.04 Å². The average Bonchev–Trinajstić information content (AvgIpc) is 3.02. The van der Waals surface area contributed by atoms with Crippen molar-refractivity contribution in [2.75, 3.05) is 0 Å². The van der Waals surface area contributed by atoms with Gasteiger partial charge < -0.3 is 9.73 Å². The number of carbonyl (C=O) groups excluding carboxylic acids is 1. The van der Waals surface area contributed by atoms with Crippen molar-refractivity contribution >= 4 is 5.91 Å². The molecule has 2 heterocycles. The Bertz CT molecular complexity index is 792. The molecule has 1 amide bonds. The Balaban J connectivity index is 1.70. The second kappa shape index (κ2) is 6.48. The van der Waals surface area contributed by atoms with Crippen molar-refractivity contribution in [2.24, 2.45) is 0 Å². The summed E-state index contributed by atoms with van der Waals surface area (Å²) in [5.74, 6) is 1.47. The number of aryl methyl sites for hydroxylation is 1. The van der Waals surface area contributed by atoms with Gasteiger partial charge in [0.1, 0.15) is 11.5 Å². The zero-order chi connectivity index (χ0) is 16.2. The van der Waals surface area contributed by atoms with Crippen LogP contribution in [0.1, 0.15) is 34.8 Å². The fourth-order valence-corrected chi connectivity index (χ4v) is 2.40. The van der Waals surface area contributed by atoms with Crippen LogP contribution in [0.3, 0.4) is 0 Å². The number of rotatable bonds is 4. The predicted molar refractivity (Wildman–Crippen MR) is 89.0 cm³/mol. The molecular weight excluding hydrogens is 288 g/mol. The maximum atomic E-state index is 12.3. The highest BCUT2D eigenvalue weighted by molar-refractivity contribution is 5.94. The molecule has 0 spiro atoms. The van der Waals surface area contributed by atoms with Crippen LogP contribution in [0, 0.1) is 6.92 Å². The molecule has 0 aliphatic heterocycles. The van der Waals surface area contributed by atoms with Crippen LogP contribution < -0.4 is 5.32 Å². The first-order valence-corrected chi connectivity index (χ1v) is 7.51. The number of nitrogens with zero attached hydrogens (tertiary/aromatic N) is 1. The van der Waals surface area contributed by atoms with E-state index in [0.717, 1.165) is 22.6 Å². The standard InChI is InChI=1S/C19H18N2O2/c1-13-3-8-18(23-13)14(2)21-19(22)17-6-4-15(5-7-17)16-9-11-20-12-10-16/h3-12,14H,1-2H3,(H,21,22). The van der Waals surface area contributed by atoms with Crippen LogP contribution in [-0.2, 0) is 0 Å². The Morgan fingerprint density at radius 1 is 1.00 bits per heavy atom. The monoisotopic (exact) mass is 306 g/mol. The lowest BCUT2D eigenvalue weighted by molar-refractivity contribution is 0.0935. The molecule has 1 aromatic carbocycles. The van der Waals surface area contributed by atoms with Crippen LogP contribution in [0.15, 0.2) is 65.3 Å². The average molecular weight is 306 g/mol. The summed E-state index contributed by atoms with van der Waals surface area (Å²) in [5, 5.41) is 2.94. The van der Waals surface area contributed by atoms with Gasteiger partial charge in [-0.25, -0.2) is 0 Å². The summed E-state index contributed by atoms with van der Waals surface area (Å²) < 4.78 is 5.54. The maximum Gasteiger partial charge on any atom is 0.251 e. The molecule has 0 aliphatic rings. The normalized spacial score (nSPS) is 11.9. The minimum Gasteiger partial charge on any atom is -0.464 e. The molecule has 1 atom stereocenters. The van der Waals surface area contributed by atoms with E-state index in [1.807, 2.05) is 62.4 Å². The Hall–Kier alpha value is -2.88. The quantitative estimate of drug-likeness (QED) is 0.788. The van der Waals surface area contributed by atoms with Gasteiger partial charge in [-0.15, -0.1) is 0 Å². The van der Waals surface area contributed by atoms with E-state index in [2.05, 4.69) is 10.3 Å². The molecule has 0 radical (unpaired) electrons. The minimum atomic E-state index is -0.170. The van der Waals surface area contributed by atoms with E-state index in [9.17, 15) is 4.79 Å². The molecule has 0 bridgehead atoms. The SMILES string of the molecule is Cc1ccc(C(C)NC(=O)c2ccc(-c3ccncc3)cc2)o1. The molecular formula is C19H18N2O2. The maximum absolute atomic E-state index is 12.3. The topological polar surface area (TPSA) is 55.1 Å². The van der Waals surface area contributed by atoms with Crippen molar-refractivity contribution in [3.8, 4) is 11.1 Å². The molecule has 4 heteroatoms. The number of pyridine rings is 1. The number of furan rings is 1. The molecule has 0 saturated carbocycles. The highest BCUT2D eigenvalue weighted by atomic mass is 16.3. The third-order valence-electron chi connectivity index (χ3n) is 3.70. The summed E-state index contributed by atoms with van der Waals surface area (Å²) in [5.41, 5.74) is 2.75. The minimum absolute atomic E-state index is 0.118. The smallest absolute Gasteiger partial charge is 0.251 e. The van der Waals surface area contributed by atoms with Crippen LogP contribution >= 0.6 is 0 Å². The van der Waals surface area contributed by atoms with Gasteiger partial charge in [0.25, 0.3) is 5.91 Å². The summed E-state index contributed by atoms with van der Waals surface area (Å²) in [7, 11) is 0.